The molecule has 1 aliphatic heterocycles. The van der Waals surface area contributed by atoms with Gasteiger partial charge >= 0.3 is 0 Å². The van der Waals surface area contributed by atoms with Crippen molar-refractivity contribution in [3.63, 3.8) is 0 Å². The van der Waals surface area contributed by atoms with E-state index in [1.54, 1.807) is 7.11 Å². The van der Waals surface area contributed by atoms with Gasteiger partial charge in [-0.25, -0.2) is 0 Å². The number of aryl methyl sites for hydroxylation is 2. The van der Waals surface area contributed by atoms with Gasteiger partial charge in [-0.2, -0.15) is 0 Å². The van der Waals surface area contributed by atoms with Gasteiger partial charge in [0.25, 0.3) is 0 Å². The lowest BCUT2D eigenvalue weighted by atomic mass is 9.80. The highest BCUT2D eigenvalue weighted by molar-refractivity contribution is 5.29. The predicted molar refractivity (Wildman–Crippen MR) is 82.2 cm³/mol. The van der Waals surface area contributed by atoms with E-state index in [9.17, 15) is 0 Å². The van der Waals surface area contributed by atoms with Gasteiger partial charge in [0.15, 0.2) is 0 Å². The van der Waals surface area contributed by atoms with Crippen LogP contribution < -0.4 is 5.32 Å². The fourth-order valence-electron chi connectivity index (χ4n) is 3.12. The first-order valence-corrected chi connectivity index (χ1v) is 7.48. The highest BCUT2D eigenvalue weighted by atomic mass is 16.5. The van der Waals surface area contributed by atoms with Crippen LogP contribution >= 0.6 is 0 Å². The molecule has 3 heteroatoms. The van der Waals surface area contributed by atoms with Crippen LogP contribution in [-0.2, 0) is 15.9 Å². The van der Waals surface area contributed by atoms with Crippen LogP contribution in [0.4, 0.5) is 0 Å². The Hall–Kier alpha value is -0.900. The molecule has 1 saturated heterocycles. The van der Waals surface area contributed by atoms with Crippen LogP contribution in [0.2, 0.25) is 0 Å². The summed E-state index contributed by atoms with van der Waals surface area (Å²) < 4.78 is 10.8. The van der Waals surface area contributed by atoms with E-state index < -0.39 is 0 Å². The molecule has 3 nitrogen and oxygen atoms in total. The van der Waals surface area contributed by atoms with E-state index in [1.807, 2.05) is 0 Å². The van der Waals surface area contributed by atoms with Gasteiger partial charge in [-0.05, 0) is 32.3 Å². The fraction of sp³-hybridized carbons (Fsp3) is 0.647. The molecule has 1 heterocycles. The Labute approximate surface area is 122 Å². The second kappa shape index (κ2) is 7.21. The maximum atomic E-state index is 5.68. The molecule has 112 valence electrons. The van der Waals surface area contributed by atoms with Crippen molar-refractivity contribution in [1.82, 2.24) is 5.32 Å². The first-order chi connectivity index (χ1) is 9.63. The third kappa shape index (κ3) is 4.30. The molecule has 0 amide bonds. The molecule has 2 rings (SSSR count). The van der Waals surface area contributed by atoms with Crippen LogP contribution in [-0.4, -0.2) is 40.0 Å². The minimum Gasteiger partial charge on any atom is -0.383 e. The molecule has 1 N–H and O–H groups in total. The molecule has 1 aliphatic rings. The molecule has 0 radical (unpaired) electrons. The molecule has 20 heavy (non-hydrogen) atoms. The Kier molecular flexibility index (Phi) is 5.58. The number of rotatable bonds is 7. The molecular weight excluding hydrogens is 250 g/mol. The molecule has 1 fully saturated rings. The maximum Gasteiger partial charge on any atom is 0.0587 e. The van der Waals surface area contributed by atoms with Gasteiger partial charge in [-0.3, -0.25) is 0 Å². The summed E-state index contributed by atoms with van der Waals surface area (Å²) in [4.78, 5) is 0. The highest BCUT2D eigenvalue weighted by Gasteiger charge is 2.34. The second-order valence-corrected chi connectivity index (χ2v) is 6.14. The topological polar surface area (TPSA) is 30.5 Å². The van der Waals surface area contributed by atoms with E-state index in [0.717, 1.165) is 45.8 Å². The van der Waals surface area contributed by atoms with Gasteiger partial charge in [0.05, 0.1) is 13.2 Å². The number of benzene rings is 1. The fourth-order valence-corrected chi connectivity index (χ4v) is 3.12. The number of hydrogen-bond donors (Lipinski definition) is 1. The van der Waals surface area contributed by atoms with Crippen molar-refractivity contribution in [3.8, 4) is 0 Å². The van der Waals surface area contributed by atoms with E-state index >= 15 is 0 Å². The number of hydrogen-bond acceptors (Lipinski definition) is 3. The quantitative estimate of drug-likeness (QED) is 0.777. The Balaban J connectivity index is 2.00. The molecule has 0 spiro atoms. The summed E-state index contributed by atoms with van der Waals surface area (Å²) >= 11 is 0. The standard InChI is InChI=1S/C17H27NO2/c1-14-8-15(2)10-16(9-14)11-17(4-6-20-13-17)12-18-5-7-19-3/h8-10,18H,4-7,11-13H2,1-3H3. The Bertz CT molecular complexity index is 405. The summed E-state index contributed by atoms with van der Waals surface area (Å²) in [5, 5.41) is 3.51. The van der Waals surface area contributed by atoms with E-state index in [1.165, 1.54) is 16.7 Å². The summed E-state index contributed by atoms with van der Waals surface area (Å²) in [5.74, 6) is 0. The van der Waals surface area contributed by atoms with Crippen LogP contribution in [0.5, 0.6) is 0 Å². The minimum atomic E-state index is 0.244. The zero-order valence-electron chi connectivity index (χ0n) is 13.0. The van der Waals surface area contributed by atoms with Gasteiger partial charge in [0.1, 0.15) is 0 Å². The first kappa shape index (κ1) is 15.5. The minimum absolute atomic E-state index is 0.244. The van der Waals surface area contributed by atoms with Crippen LogP contribution in [0.1, 0.15) is 23.1 Å². The Morgan fingerprint density at radius 1 is 1.25 bits per heavy atom. The van der Waals surface area contributed by atoms with E-state index in [-0.39, 0.29) is 5.41 Å². The lowest BCUT2D eigenvalue weighted by Crippen LogP contribution is -2.38. The van der Waals surface area contributed by atoms with Crippen LogP contribution in [0.3, 0.4) is 0 Å². The van der Waals surface area contributed by atoms with Gasteiger partial charge in [-0.1, -0.05) is 29.3 Å². The van der Waals surface area contributed by atoms with Crippen LogP contribution in [0, 0.1) is 19.3 Å². The summed E-state index contributed by atoms with van der Waals surface area (Å²) in [6, 6.07) is 6.85. The Morgan fingerprint density at radius 3 is 2.60 bits per heavy atom. The number of ether oxygens (including phenoxy) is 2. The normalized spacial score (nSPS) is 22.4. The summed E-state index contributed by atoms with van der Waals surface area (Å²) in [5.41, 5.74) is 4.37. The molecule has 0 aromatic heterocycles. The van der Waals surface area contributed by atoms with E-state index in [0.29, 0.717) is 0 Å². The number of methoxy groups -OCH3 is 1. The largest absolute Gasteiger partial charge is 0.383 e. The smallest absolute Gasteiger partial charge is 0.0587 e. The highest BCUT2D eigenvalue weighted by Crippen LogP contribution is 2.32. The zero-order chi connectivity index (χ0) is 14.4. The summed E-state index contributed by atoms with van der Waals surface area (Å²) in [6.45, 7) is 8.77. The third-order valence-corrected chi connectivity index (χ3v) is 4.03. The average Bonchev–Trinajstić information content (AvgIpc) is 2.82. The van der Waals surface area contributed by atoms with Crippen molar-refractivity contribution in [1.29, 1.82) is 0 Å². The molecule has 1 unspecified atom stereocenters. The molecule has 0 bridgehead atoms. The van der Waals surface area contributed by atoms with Crippen molar-refractivity contribution in [3.05, 3.63) is 34.9 Å². The third-order valence-electron chi connectivity index (χ3n) is 4.03. The van der Waals surface area contributed by atoms with E-state index in [2.05, 4.69) is 37.4 Å². The summed E-state index contributed by atoms with van der Waals surface area (Å²) in [6.07, 6.45) is 2.23. The van der Waals surface area contributed by atoms with Gasteiger partial charge < -0.3 is 14.8 Å². The maximum absolute atomic E-state index is 5.68. The van der Waals surface area contributed by atoms with Crippen LogP contribution in [0.25, 0.3) is 0 Å². The second-order valence-electron chi connectivity index (χ2n) is 6.14. The predicted octanol–water partition coefficient (Wildman–Crippen LogP) is 2.49. The monoisotopic (exact) mass is 277 g/mol. The van der Waals surface area contributed by atoms with Gasteiger partial charge in [0, 0.05) is 32.2 Å². The molecule has 0 saturated carbocycles. The average molecular weight is 277 g/mol. The molecule has 1 atom stereocenters. The first-order valence-electron chi connectivity index (χ1n) is 7.48. The van der Waals surface area contributed by atoms with Crippen molar-refractivity contribution in [2.24, 2.45) is 5.41 Å². The summed E-state index contributed by atoms with van der Waals surface area (Å²) in [7, 11) is 1.74. The van der Waals surface area contributed by atoms with Gasteiger partial charge in [0.2, 0.25) is 0 Å². The van der Waals surface area contributed by atoms with Crippen molar-refractivity contribution < 1.29 is 9.47 Å². The van der Waals surface area contributed by atoms with Crippen molar-refractivity contribution in [2.45, 2.75) is 26.7 Å². The number of nitrogens with one attached hydrogen (secondary N) is 1. The molecular formula is C17H27NO2. The zero-order valence-corrected chi connectivity index (χ0v) is 13.0. The van der Waals surface area contributed by atoms with Crippen molar-refractivity contribution >= 4 is 0 Å². The SMILES string of the molecule is COCCNCC1(Cc2cc(C)cc(C)c2)CCOC1. The molecule has 0 aliphatic carbocycles. The molecule has 1 aromatic rings. The lowest BCUT2D eigenvalue weighted by Gasteiger charge is -2.28. The van der Waals surface area contributed by atoms with Crippen molar-refractivity contribution in [2.75, 3.05) is 40.0 Å². The molecule has 1 aromatic carbocycles. The van der Waals surface area contributed by atoms with Gasteiger partial charge in [-0.15, -0.1) is 0 Å². The van der Waals surface area contributed by atoms with E-state index in [4.69, 9.17) is 9.47 Å². The lowest BCUT2D eigenvalue weighted by molar-refractivity contribution is 0.145. The van der Waals surface area contributed by atoms with Crippen LogP contribution in [0.15, 0.2) is 18.2 Å². The Morgan fingerprint density at radius 2 is 2.00 bits per heavy atom.